The average Bonchev–Trinajstić information content (AvgIpc) is 2.93. The van der Waals surface area contributed by atoms with E-state index in [1.165, 1.54) is 11.8 Å². The standard InChI is InChI=1S/C14H14N4O2/c1-8-10(9-4-2-3-5-9)6-12(18-17-8)11-7-15-14(20)16-13(11)19/h4,6-7H,2-3,5H2,1H3,(H2,15,16,19,20). The molecule has 0 saturated heterocycles. The first-order valence-electron chi connectivity index (χ1n) is 6.51. The van der Waals surface area contributed by atoms with Crippen LogP contribution in [0.25, 0.3) is 16.8 Å². The number of aryl methyl sites for hydroxylation is 1. The van der Waals surface area contributed by atoms with E-state index in [0.717, 1.165) is 30.5 Å². The van der Waals surface area contributed by atoms with Gasteiger partial charge in [-0.2, -0.15) is 5.10 Å². The molecule has 0 spiro atoms. The first-order valence-corrected chi connectivity index (χ1v) is 6.51. The van der Waals surface area contributed by atoms with Gasteiger partial charge in [0, 0.05) is 11.8 Å². The fourth-order valence-electron chi connectivity index (χ4n) is 2.42. The summed E-state index contributed by atoms with van der Waals surface area (Å²) in [5, 5.41) is 8.18. The van der Waals surface area contributed by atoms with E-state index >= 15 is 0 Å². The zero-order valence-electron chi connectivity index (χ0n) is 11.1. The zero-order valence-corrected chi connectivity index (χ0v) is 11.1. The van der Waals surface area contributed by atoms with Crippen molar-refractivity contribution >= 4 is 5.57 Å². The molecular formula is C14H14N4O2. The van der Waals surface area contributed by atoms with Crippen LogP contribution in [0.15, 0.2) is 27.9 Å². The summed E-state index contributed by atoms with van der Waals surface area (Å²) in [6.45, 7) is 1.91. The van der Waals surface area contributed by atoms with Gasteiger partial charge in [0.05, 0.1) is 11.3 Å². The summed E-state index contributed by atoms with van der Waals surface area (Å²) in [4.78, 5) is 27.5. The largest absolute Gasteiger partial charge is 0.325 e. The normalized spacial score (nSPS) is 14.3. The number of nitrogens with one attached hydrogen (secondary N) is 2. The predicted molar refractivity (Wildman–Crippen MR) is 75.3 cm³/mol. The lowest BCUT2D eigenvalue weighted by molar-refractivity contribution is 0.927. The van der Waals surface area contributed by atoms with E-state index in [1.807, 2.05) is 13.0 Å². The van der Waals surface area contributed by atoms with Crippen LogP contribution in [0.4, 0.5) is 0 Å². The van der Waals surface area contributed by atoms with Crippen LogP contribution in [0.3, 0.4) is 0 Å². The molecule has 3 rings (SSSR count). The van der Waals surface area contributed by atoms with Crippen LogP contribution in [0.1, 0.15) is 30.5 Å². The minimum absolute atomic E-state index is 0.317. The summed E-state index contributed by atoms with van der Waals surface area (Å²) < 4.78 is 0. The molecule has 0 amide bonds. The van der Waals surface area contributed by atoms with Crippen molar-refractivity contribution in [2.45, 2.75) is 26.2 Å². The topological polar surface area (TPSA) is 91.5 Å². The van der Waals surface area contributed by atoms with Gasteiger partial charge < -0.3 is 4.98 Å². The third kappa shape index (κ3) is 2.20. The Labute approximate surface area is 114 Å². The van der Waals surface area contributed by atoms with Crippen molar-refractivity contribution in [3.05, 3.63) is 50.4 Å². The summed E-state index contributed by atoms with van der Waals surface area (Å²) in [5.74, 6) is 0. The number of aromatic nitrogens is 4. The van der Waals surface area contributed by atoms with Gasteiger partial charge >= 0.3 is 5.69 Å². The van der Waals surface area contributed by atoms with E-state index in [0.29, 0.717) is 11.3 Å². The third-order valence-corrected chi connectivity index (χ3v) is 3.46. The van der Waals surface area contributed by atoms with Crippen LogP contribution in [0, 0.1) is 6.92 Å². The van der Waals surface area contributed by atoms with Crippen molar-refractivity contribution in [1.29, 1.82) is 0 Å². The van der Waals surface area contributed by atoms with E-state index in [1.54, 1.807) is 0 Å². The molecule has 20 heavy (non-hydrogen) atoms. The van der Waals surface area contributed by atoms with E-state index in [4.69, 9.17) is 0 Å². The molecule has 6 heteroatoms. The fourth-order valence-corrected chi connectivity index (χ4v) is 2.42. The molecule has 0 unspecified atom stereocenters. The Hall–Kier alpha value is -2.50. The molecule has 0 fully saturated rings. The Morgan fingerprint density at radius 1 is 1.20 bits per heavy atom. The summed E-state index contributed by atoms with van der Waals surface area (Å²) >= 11 is 0. The van der Waals surface area contributed by atoms with Gasteiger partial charge in [-0.15, -0.1) is 5.10 Å². The molecule has 2 aromatic rings. The Morgan fingerprint density at radius 2 is 2.05 bits per heavy atom. The maximum Gasteiger partial charge on any atom is 0.325 e. The Kier molecular flexibility index (Phi) is 3.06. The first kappa shape index (κ1) is 12.5. The first-order chi connectivity index (χ1) is 9.65. The molecule has 6 nitrogen and oxygen atoms in total. The number of H-pyrrole nitrogens is 2. The summed E-state index contributed by atoms with van der Waals surface area (Å²) in [5.41, 5.74) is 2.92. The molecule has 0 aromatic carbocycles. The van der Waals surface area contributed by atoms with Crippen LogP contribution < -0.4 is 11.2 Å². The average molecular weight is 270 g/mol. The fraction of sp³-hybridized carbons (Fsp3) is 0.286. The zero-order chi connectivity index (χ0) is 14.1. The molecule has 2 N–H and O–H groups in total. The Bertz CT molecular complexity index is 801. The number of nitrogens with zero attached hydrogens (tertiary/aromatic N) is 2. The van der Waals surface area contributed by atoms with Crippen LogP contribution in [-0.2, 0) is 0 Å². The van der Waals surface area contributed by atoms with E-state index in [2.05, 4.69) is 26.2 Å². The number of hydrogen-bond acceptors (Lipinski definition) is 4. The summed E-state index contributed by atoms with van der Waals surface area (Å²) in [7, 11) is 0. The highest BCUT2D eigenvalue weighted by atomic mass is 16.2. The Morgan fingerprint density at radius 3 is 2.75 bits per heavy atom. The lowest BCUT2D eigenvalue weighted by atomic mass is 10.0. The molecule has 1 aliphatic carbocycles. The lowest BCUT2D eigenvalue weighted by Crippen LogP contribution is -2.23. The second-order valence-electron chi connectivity index (χ2n) is 4.84. The van der Waals surface area contributed by atoms with Crippen molar-refractivity contribution in [2.75, 3.05) is 0 Å². The molecule has 2 heterocycles. The smallest absolute Gasteiger partial charge is 0.313 e. The molecular weight excluding hydrogens is 256 g/mol. The molecule has 0 bridgehead atoms. The SMILES string of the molecule is Cc1nnc(-c2c[nH]c(=O)[nH]c2=O)cc1C1=CCCC1. The highest BCUT2D eigenvalue weighted by Gasteiger charge is 2.14. The van der Waals surface area contributed by atoms with Crippen molar-refractivity contribution in [3.63, 3.8) is 0 Å². The molecule has 0 atom stereocenters. The number of rotatable bonds is 2. The Balaban J connectivity index is 2.13. The molecule has 0 aliphatic heterocycles. The van der Waals surface area contributed by atoms with Crippen molar-refractivity contribution < 1.29 is 0 Å². The number of allylic oxidation sites excluding steroid dienone is 2. The van der Waals surface area contributed by atoms with Gasteiger partial charge in [-0.3, -0.25) is 9.78 Å². The van der Waals surface area contributed by atoms with Gasteiger partial charge in [0.25, 0.3) is 5.56 Å². The molecule has 2 aromatic heterocycles. The monoisotopic (exact) mass is 270 g/mol. The highest BCUT2D eigenvalue weighted by molar-refractivity contribution is 5.72. The van der Waals surface area contributed by atoms with E-state index < -0.39 is 11.2 Å². The molecule has 1 aliphatic rings. The van der Waals surface area contributed by atoms with Gasteiger partial charge in [-0.25, -0.2) is 4.79 Å². The lowest BCUT2D eigenvalue weighted by Gasteiger charge is -2.07. The van der Waals surface area contributed by atoms with Gasteiger partial charge in [0.2, 0.25) is 0 Å². The van der Waals surface area contributed by atoms with Gasteiger partial charge in [0.15, 0.2) is 0 Å². The maximum absolute atomic E-state index is 11.8. The summed E-state index contributed by atoms with van der Waals surface area (Å²) in [6.07, 6.45) is 6.81. The maximum atomic E-state index is 11.8. The molecule has 102 valence electrons. The van der Waals surface area contributed by atoms with Gasteiger partial charge in [-0.05, 0) is 37.8 Å². The molecule has 0 radical (unpaired) electrons. The van der Waals surface area contributed by atoms with Crippen LogP contribution >= 0.6 is 0 Å². The van der Waals surface area contributed by atoms with Gasteiger partial charge in [0.1, 0.15) is 5.69 Å². The second kappa shape index (κ2) is 4.88. The van der Waals surface area contributed by atoms with Crippen molar-refractivity contribution in [3.8, 4) is 11.3 Å². The second-order valence-corrected chi connectivity index (χ2v) is 4.84. The van der Waals surface area contributed by atoms with Crippen molar-refractivity contribution in [2.24, 2.45) is 0 Å². The van der Waals surface area contributed by atoms with Gasteiger partial charge in [-0.1, -0.05) is 6.08 Å². The van der Waals surface area contributed by atoms with Crippen molar-refractivity contribution in [1.82, 2.24) is 20.2 Å². The predicted octanol–water partition coefficient (Wildman–Crippen LogP) is 1.40. The van der Waals surface area contributed by atoms with Crippen LogP contribution in [0.2, 0.25) is 0 Å². The van der Waals surface area contributed by atoms with E-state index in [9.17, 15) is 9.59 Å². The minimum atomic E-state index is -0.530. The van der Waals surface area contributed by atoms with Crippen LogP contribution in [0.5, 0.6) is 0 Å². The third-order valence-electron chi connectivity index (χ3n) is 3.46. The highest BCUT2D eigenvalue weighted by Crippen LogP contribution is 2.30. The summed E-state index contributed by atoms with van der Waals surface area (Å²) in [6, 6.07) is 1.86. The van der Waals surface area contributed by atoms with E-state index in [-0.39, 0.29) is 0 Å². The number of hydrogen-bond donors (Lipinski definition) is 2. The number of aromatic amines is 2. The quantitative estimate of drug-likeness (QED) is 0.862. The van der Waals surface area contributed by atoms with Crippen LogP contribution in [-0.4, -0.2) is 20.2 Å². The molecule has 0 saturated carbocycles. The minimum Gasteiger partial charge on any atom is -0.313 e.